The topological polar surface area (TPSA) is 36.4 Å². The van der Waals surface area contributed by atoms with Crippen LogP contribution in [-0.4, -0.2) is 52.9 Å². The zero-order chi connectivity index (χ0) is 14.3. The van der Waals surface area contributed by atoms with Crippen LogP contribution in [0.25, 0.3) is 0 Å². The summed E-state index contributed by atoms with van der Waals surface area (Å²) in [4.78, 5) is 20.9. The van der Waals surface area contributed by atoms with Crippen LogP contribution in [0.2, 0.25) is 10.3 Å². The highest BCUT2D eigenvalue weighted by Gasteiger charge is 2.36. The largest absolute Gasteiger partial charge is 0.337 e. The first-order chi connectivity index (χ1) is 9.56. The summed E-state index contributed by atoms with van der Waals surface area (Å²) in [5.41, 5.74) is 0.441. The third-order valence-corrected chi connectivity index (χ3v) is 4.98. The van der Waals surface area contributed by atoms with Crippen LogP contribution in [0.4, 0.5) is 0 Å². The highest BCUT2D eigenvalue weighted by Crippen LogP contribution is 2.29. The molecule has 1 amide bonds. The summed E-state index contributed by atoms with van der Waals surface area (Å²) >= 11 is 11.8. The number of likely N-dealkylation sites (N-methyl/N-ethyl adjacent to an activating group) is 1. The SMILES string of the molecule is CN1C2CCC1CN(C(=O)c1ccc(Cl)nc1Cl)CC2. The molecule has 1 aromatic rings. The molecule has 108 valence electrons. The van der Waals surface area contributed by atoms with Gasteiger partial charge in [0.25, 0.3) is 5.91 Å². The molecule has 0 radical (unpaired) electrons. The zero-order valence-electron chi connectivity index (χ0n) is 11.4. The molecule has 0 spiro atoms. The van der Waals surface area contributed by atoms with Gasteiger partial charge >= 0.3 is 0 Å². The molecule has 2 atom stereocenters. The third kappa shape index (κ3) is 2.52. The van der Waals surface area contributed by atoms with Crippen molar-refractivity contribution in [1.29, 1.82) is 0 Å². The first kappa shape index (κ1) is 14.1. The van der Waals surface area contributed by atoms with Crippen LogP contribution >= 0.6 is 23.2 Å². The molecule has 2 bridgehead atoms. The minimum atomic E-state index is -0.0416. The summed E-state index contributed by atoms with van der Waals surface area (Å²) in [6, 6.07) is 4.34. The van der Waals surface area contributed by atoms with Gasteiger partial charge in [0.05, 0.1) is 5.56 Å². The van der Waals surface area contributed by atoms with Crippen molar-refractivity contribution >= 4 is 29.1 Å². The lowest BCUT2D eigenvalue weighted by Gasteiger charge is -2.26. The van der Waals surface area contributed by atoms with Crippen LogP contribution in [0.1, 0.15) is 29.6 Å². The number of aromatic nitrogens is 1. The number of fused-ring (bicyclic) bond motifs is 2. The molecule has 3 rings (SSSR count). The van der Waals surface area contributed by atoms with Gasteiger partial charge in [-0.1, -0.05) is 23.2 Å². The van der Waals surface area contributed by atoms with Crippen molar-refractivity contribution < 1.29 is 4.79 Å². The molecular formula is C14H17Cl2N3O. The van der Waals surface area contributed by atoms with Gasteiger partial charge < -0.3 is 4.90 Å². The van der Waals surface area contributed by atoms with E-state index in [1.165, 1.54) is 6.42 Å². The molecular weight excluding hydrogens is 297 g/mol. The Morgan fingerprint density at radius 3 is 2.75 bits per heavy atom. The Labute approximate surface area is 128 Å². The molecule has 0 N–H and O–H groups in total. The van der Waals surface area contributed by atoms with E-state index in [-0.39, 0.29) is 11.1 Å². The molecule has 2 unspecified atom stereocenters. The second-order valence-electron chi connectivity index (χ2n) is 5.56. The van der Waals surface area contributed by atoms with Gasteiger partial charge in [-0.3, -0.25) is 9.69 Å². The molecule has 2 aliphatic rings. The summed E-state index contributed by atoms with van der Waals surface area (Å²) < 4.78 is 0. The quantitative estimate of drug-likeness (QED) is 0.748. The van der Waals surface area contributed by atoms with Crippen molar-refractivity contribution in [2.45, 2.75) is 31.3 Å². The Morgan fingerprint density at radius 1 is 1.25 bits per heavy atom. The van der Waals surface area contributed by atoms with Crippen LogP contribution in [0.5, 0.6) is 0 Å². The van der Waals surface area contributed by atoms with E-state index in [4.69, 9.17) is 23.2 Å². The van der Waals surface area contributed by atoms with Crippen molar-refractivity contribution in [2.75, 3.05) is 20.1 Å². The average molecular weight is 314 g/mol. The van der Waals surface area contributed by atoms with Crippen molar-refractivity contribution in [1.82, 2.24) is 14.8 Å². The summed E-state index contributed by atoms with van der Waals surface area (Å²) in [7, 11) is 2.16. The maximum absolute atomic E-state index is 12.6. The predicted octanol–water partition coefficient (Wildman–Crippen LogP) is 2.70. The fourth-order valence-electron chi connectivity index (χ4n) is 3.24. The molecule has 0 aromatic carbocycles. The van der Waals surface area contributed by atoms with Gasteiger partial charge in [-0.2, -0.15) is 0 Å². The summed E-state index contributed by atoms with van der Waals surface area (Å²) in [6.45, 7) is 1.55. The van der Waals surface area contributed by atoms with Gasteiger partial charge in [0.1, 0.15) is 10.3 Å². The normalized spacial score (nSPS) is 26.6. The predicted molar refractivity (Wildman–Crippen MR) is 79.4 cm³/mol. The Hall–Kier alpha value is -0.840. The Morgan fingerprint density at radius 2 is 2.00 bits per heavy atom. The van der Waals surface area contributed by atoms with Gasteiger partial charge in [-0.05, 0) is 38.4 Å². The van der Waals surface area contributed by atoms with Gasteiger partial charge in [-0.15, -0.1) is 0 Å². The minimum absolute atomic E-state index is 0.0416. The number of nitrogens with zero attached hydrogens (tertiary/aromatic N) is 3. The second-order valence-corrected chi connectivity index (χ2v) is 6.31. The minimum Gasteiger partial charge on any atom is -0.337 e. The molecule has 0 saturated carbocycles. The van der Waals surface area contributed by atoms with Crippen molar-refractivity contribution in [3.05, 3.63) is 28.0 Å². The van der Waals surface area contributed by atoms with Gasteiger partial charge in [0.2, 0.25) is 0 Å². The molecule has 0 aliphatic carbocycles. The Kier molecular flexibility index (Phi) is 3.89. The Balaban J connectivity index is 1.80. The lowest BCUT2D eigenvalue weighted by Crippen LogP contribution is -2.39. The smallest absolute Gasteiger partial charge is 0.257 e. The van der Waals surface area contributed by atoms with Crippen LogP contribution < -0.4 is 0 Å². The number of pyridine rings is 1. The first-order valence-corrected chi connectivity index (χ1v) is 7.65. The fourth-order valence-corrected chi connectivity index (χ4v) is 3.66. The van der Waals surface area contributed by atoms with Gasteiger partial charge in [-0.25, -0.2) is 4.98 Å². The standard InChI is InChI=1S/C14H17Cl2N3O/c1-18-9-2-3-10(18)8-19(7-6-9)14(20)11-4-5-12(15)17-13(11)16/h4-5,9-10H,2-3,6-8H2,1H3. The van der Waals surface area contributed by atoms with Crippen LogP contribution in [-0.2, 0) is 0 Å². The van der Waals surface area contributed by atoms with Gasteiger partial charge in [0.15, 0.2) is 0 Å². The third-order valence-electron chi connectivity index (χ3n) is 4.48. The van der Waals surface area contributed by atoms with E-state index in [0.717, 1.165) is 25.9 Å². The average Bonchev–Trinajstić information content (AvgIpc) is 2.62. The monoisotopic (exact) mass is 313 g/mol. The molecule has 6 heteroatoms. The maximum Gasteiger partial charge on any atom is 0.257 e. The van der Waals surface area contributed by atoms with E-state index < -0.39 is 0 Å². The summed E-state index contributed by atoms with van der Waals surface area (Å²) in [6.07, 6.45) is 3.43. The van der Waals surface area contributed by atoms with Crippen LogP contribution in [0, 0.1) is 0 Å². The maximum atomic E-state index is 12.6. The molecule has 1 aromatic heterocycles. The fraction of sp³-hybridized carbons (Fsp3) is 0.571. The second kappa shape index (κ2) is 5.51. The molecule has 2 fully saturated rings. The first-order valence-electron chi connectivity index (χ1n) is 6.89. The summed E-state index contributed by atoms with van der Waals surface area (Å²) in [5.74, 6) is -0.0416. The van der Waals surface area contributed by atoms with E-state index in [1.54, 1.807) is 12.1 Å². The van der Waals surface area contributed by atoms with Crippen molar-refractivity contribution in [3.8, 4) is 0 Å². The molecule has 20 heavy (non-hydrogen) atoms. The Bertz CT molecular complexity index is 537. The number of hydrogen-bond donors (Lipinski definition) is 0. The van der Waals surface area contributed by atoms with E-state index in [9.17, 15) is 4.79 Å². The molecule has 2 saturated heterocycles. The van der Waals surface area contributed by atoms with E-state index >= 15 is 0 Å². The van der Waals surface area contributed by atoms with E-state index in [1.807, 2.05) is 4.90 Å². The number of likely N-dealkylation sites (tertiary alicyclic amines) is 1. The number of amides is 1. The lowest BCUT2D eigenvalue weighted by molar-refractivity contribution is 0.0740. The lowest BCUT2D eigenvalue weighted by atomic mass is 10.1. The van der Waals surface area contributed by atoms with Crippen molar-refractivity contribution in [3.63, 3.8) is 0 Å². The molecule has 3 heterocycles. The highest BCUT2D eigenvalue weighted by atomic mass is 35.5. The number of rotatable bonds is 1. The highest BCUT2D eigenvalue weighted by molar-refractivity contribution is 6.34. The van der Waals surface area contributed by atoms with Crippen LogP contribution in [0.15, 0.2) is 12.1 Å². The number of halogens is 2. The van der Waals surface area contributed by atoms with Gasteiger partial charge in [0, 0.05) is 25.2 Å². The van der Waals surface area contributed by atoms with E-state index in [2.05, 4.69) is 16.9 Å². The van der Waals surface area contributed by atoms with E-state index in [0.29, 0.717) is 22.8 Å². The van der Waals surface area contributed by atoms with Crippen molar-refractivity contribution in [2.24, 2.45) is 0 Å². The molecule has 4 nitrogen and oxygen atoms in total. The van der Waals surface area contributed by atoms with Crippen LogP contribution in [0.3, 0.4) is 0 Å². The number of hydrogen-bond acceptors (Lipinski definition) is 3. The number of carbonyl (C=O) groups excluding carboxylic acids is 1. The summed E-state index contributed by atoms with van der Waals surface area (Å²) in [5, 5.41) is 0.492. The number of carbonyl (C=O) groups is 1. The molecule has 2 aliphatic heterocycles. The zero-order valence-corrected chi connectivity index (χ0v) is 12.9.